The maximum absolute atomic E-state index is 12.0. The van der Waals surface area contributed by atoms with E-state index in [9.17, 15) is 4.79 Å². The number of amides is 1. The predicted molar refractivity (Wildman–Crippen MR) is 78.5 cm³/mol. The third-order valence-corrected chi connectivity index (χ3v) is 3.91. The molecule has 4 nitrogen and oxygen atoms in total. The zero-order chi connectivity index (χ0) is 13.5. The molecule has 0 aliphatic heterocycles. The Labute approximate surface area is 115 Å². The van der Waals surface area contributed by atoms with E-state index in [1.165, 1.54) is 32.1 Å². The van der Waals surface area contributed by atoms with E-state index in [1.54, 1.807) is 4.90 Å². The van der Waals surface area contributed by atoms with Gasteiger partial charge < -0.3 is 10.6 Å². The van der Waals surface area contributed by atoms with Crippen LogP contribution in [0.25, 0.3) is 0 Å². The van der Waals surface area contributed by atoms with Crippen LogP contribution in [0.5, 0.6) is 0 Å². The van der Waals surface area contributed by atoms with Crippen molar-refractivity contribution in [3.8, 4) is 0 Å². The lowest BCUT2D eigenvalue weighted by atomic mass is 9.94. The summed E-state index contributed by atoms with van der Waals surface area (Å²) >= 11 is 4.82. The number of hydrogen-bond donors (Lipinski definition) is 1. The van der Waals surface area contributed by atoms with Gasteiger partial charge in [0.05, 0.1) is 11.5 Å². The van der Waals surface area contributed by atoms with Crippen molar-refractivity contribution in [3.63, 3.8) is 0 Å². The summed E-state index contributed by atoms with van der Waals surface area (Å²) in [5.74, 6) is 0.152. The van der Waals surface area contributed by atoms with Crippen LogP contribution in [-0.4, -0.2) is 53.9 Å². The van der Waals surface area contributed by atoms with Gasteiger partial charge in [-0.05, 0) is 19.9 Å². The molecule has 0 atom stereocenters. The van der Waals surface area contributed by atoms with Crippen molar-refractivity contribution < 1.29 is 4.79 Å². The lowest BCUT2D eigenvalue weighted by Crippen LogP contribution is -2.42. The summed E-state index contributed by atoms with van der Waals surface area (Å²) in [6.45, 7) is 1.12. The van der Waals surface area contributed by atoms with Crippen LogP contribution in [0, 0.1) is 0 Å². The summed E-state index contributed by atoms with van der Waals surface area (Å²) in [4.78, 5) is 16.4. The largest absolute Gasteiger partial charge is 0.393 e. The first-order valence-corrected chi connectivity index (χ1v) is 7.14. The molecule has 1 aliphatic rings. The predicted octanol–water partition coefficient (Wildman–Crippen LogP) is 1.39. The highest BCUT2D eigenvalue weighted by Gasteiger charge is 2.21. The van der Waals surface area contributed by atoms with E-state index in [2.05, 4.69) is 11.9 Å². The Kier molecular flexibility index (Phi) is 6.57. The first-order chi connectivity index (χ1) is 8.50. The first kappa shape index (κ1) is 15.4. The summed E-state index contributed by atoms with van der Waals surface area (Å²) in [6.07, 6.45) is 6.97. The molecule has 0 aromatic heterocycles. The number of nitrogens with zero attached hydrogens (tertiary/aromatic N) is 2. The second-order valence-corrected chi connectivity index (χ2v) is 5.76. The lowest BCUT2D eigenvalue weighted by Gasteiger charge is -2.31. The van der Waals surface area contributed by atoms with Crippen LogP contribution in [0.4, 0.5) is 0 Å². The average molecular weight is 271 g/mol. The minimum Gasteiger partial charge on any atom is -0.393 e. The van der Waals surface area contributed by atoms with Crippen LogP contribution in [0.3, 0.4) is 0 Å². The molecule has 104 valence electrons. The Hall–Kier alpha value is -0.680. The van der Waals surface area contributed by atoms with E-state index < -0.39 is 0 Å². The van der Waals surface area contributed by atoms with Gasteiger partial charge in [-0.3, -0.25) is 9.69 Å². The van der Waals surface area contributed by atoms with Crippen molar-refractivity contribution >= 4 is 23.1 Å². The number of likely N-dealkylation sites (N-methyl/N-ethyl adjacent to an activating group) is 2. The molecule has 0 aromatic rings. The number of thiocarbonyl (C=S) groups is 1. The van der Waals surface area contributed by atoms with E-state index in [0.29, 0.717) is 30.5 Å². The molecule has 0 radical (unpaired) electrons. The summed E-state index contributed by atoms with van der Waals surface area (Å²) < 4.78 is 0. The third kappa shape index (κ3) is 5.31. The molecule has 0 unspecified atom stereocenters. The Morgan fingerprint density at radius 3 is 2.44 bits per heavy atom. The third-order valence-electron chi connectivity index (χ3n) is 3.70. The fourth-order valence-electron chi connectivity index (χ4n) is 2.39. The molecule has 0 aromatic carbocycles. The Morgan fingerprint density at radius 1 is 1.28 bits per heavy atom. The van der Waals surface area contributed by atoms with Crippen LogP contribution < -0.4 is 5.73 Å². The topological polar surface area (TPSA) is 49.6 Å². The average Bonchev–Trinajstić information content (AvgIpc) is 2.36. The van der Waals surface area contributed by atoms with Crippen molar-refractivity contribution in [2.45, 2.75) is 44.6 Å². The van der Waals surface area contributed by atoms with E-state index in [0.717, 1.165) is 0 Å². The van der Waals surface area contributed by atoms with Gasteiger partial charge in [0.25, 0.3) is 0 Å². The van der Waals surface area contributed by atoms with Crippen LogP contribution in [-0.2, 0) is 4.79 Å². The molecule has 1 amide bonds. The Balaban J connectivity index is 2.31. The molecule has 0 saturated heterocycles. The molecule has 2 N–H and O–H groups in total. The monoisotopic (exact) mass is 271 g/mol. The van der Waals surface area contributed by atoms with E-state index in [4.69, 9.17) is 18.0 Å². The summed E-state index contributed by atoms with van der Waals surface area (Å²) in [7, 11) is 3.87. The summed E-state index contributed by atoms with van der Waals surface area (Å²) in [5, 5.41) is 0. The molecular formula is C13H25N3OS. The fourth-order valence-corrected chi connectivity index (χ4v) is 2.48. The first-order valence-electron chi connectivity index (χ1n) is 6.73. The van der Waals surface area contributed by atoms with Crippen LogP contribution >= 0.6 is 12.2 Å². The smallest absolute Gasteiger partial charge is 0.236 e. The van der Waals surface area contributed by atoms with Gasteiger partial charge in [0.2, 0.25) is 5.91 Å². The second kappa shape index (κ2) is 7.69. The number of carbonyl (C=O) groups is 1. The molecule has 1 rings (SSSR count). The normalized spacial score (nSPS) is 16.8. The fraction of sp³-hybridized carbons (Fsp3) is 0.846. The Bertz CT molecular complexity index is 290. The molecule has 5 heteroatoms. The summed E-state index contributed by atoms with van der Waals surface area (Å²) in [6, 6.07) is 0.576. The number of nitrogens with two attached hydrogens (primary N) is 1. The number of carbonyl (C=O) groups excluding carboxylic acids is 1. The van der Waals surface area contributed by atoms with Crippen LogP contribution in [0.2, 0.25) is 0 Å². The quantitative estimate of drug-likeness (QED) is 0.742. The van der Waals surface area contributed by atoms with Crippen LogP contribution in [0.1, 0.15) is 38.5 Å². The van der Waals surface area contributed by atoms with E-state index in [1.807, 2.05) is 7.05 Å². The second-order valence-electron chi connectivity index (χ2n) is 5.24. The van der Waals surface area contributed by atoms with Crippen molar-refractivity contribution in [3.05, 3.63) is 0 Å². The highest BCUT2D eigenvalue weighted by molar-refractivity contribution is 7.80. The van der Waals surface area contributed by atoms with E-state index >= 15 is 0 Å². The Morgan fingerprint density at radius 2 is 1.89 bits per heavy atom. The maximum Gasteiger partial charge on any atom is 0.236 e. The van der Waals surface area contributed by atoms with Gasteiger partial charge in [-0.1, -0.05) is 31.5 Å². The molecule has 1 aliphatic carbocycles. The molecule has 1 saturated carbocycles. The van der Waals surface area contributed by atoms with Gasteiger partial charge in [-0.25, -0.2) is 0 Å². The minimum atomic E-state index is 0.152. The van der Waals surface area contributed by atoms with Crippen molar-refractivity contribution in [2.75, 3.05) is 27.2 Å². The molecular weight excluding hydrogens is 246 g/mol. The maximum atomic E-state index is 12.0. The molecule has 0 bridgehead atoms. The SMILES string of the molecule is CN(CCC(N)=S)C(=O)CN(C)C1CCCCC1. The van der Waals surface area contributed by atoms with E-state index in [-0.39, 0.29) is 5.91 Å². The van der Waals surface area contributed by atoms with Crippen molar-refractivity contribution in [2.24, 2.45) is 5.73 Å². The molecule has 0 spiro atoms. The van der Waals surface area contributed by atoms with Crippen LogP contribution in [0.15, 0.2) is 0 Å². The number of rotatable bonds is 6. The molecule has 1 fully saturated rings. The van der Waals surface area contributed by atoms with Gasteiger partial charge in [0, 0.05) is 26.1 Å². The zero-order valence-corrected chi connectivity index (χ0v) is 12.3. The standard InChI is InChI=1S/C13H25N3OS/c1-15(9-8-12(14)18)13(17)10-16(2)11-6-4-3-5-7-11/h11H,3-10H2,1-2H3,(H2,14,18). The number of hydrogen-bond acceptors (Lipinski definition) is 3. The lowest BCUT2D eigenvalue weighted by molar-refractivity contribution is -0.131. The summed E-state index contributed by atoms with van der Waals surface area (Å²) in [5.41, 5.74) is 5.44. The van der Waals surface area contributed by atoms with Gasteiger partial charge in [0.1, 0.15) is 0 Å². The zero-order valence-electron chi connectivity index (χ0n) is 11.5. The van der Waals surface area contributed by atoms with Gasteiger partial charge in [-0.2, -0.15) is 0 Å². The van der Waals surface area contributed by atoms with Crippen molar-refractivity contribution in [1.82, 2.24) is 9.80 Å². The minimum absolute atomic E-state index is 0.152. The highest BCUT2D eigenvalue weighted by atomic mass is 32.1. The molecule has 0 heterocycles. The van der Waals surface area contributed by atoms with Gasteiger partial charge in [0.15, 0.2) is 0 Å². The van der Waals surface area contributed by atoms with Gasteiger partial charge >= 0.3 is 0 Å². The molecule has 18 heavy (non-hydrogen) atoms. The highest BCUT2D eigenvalue weighted by Crippen LogP contribution is 2.21. The van der Waals surface area contributed by atoms with Gasteiger partial charge in [-0.15, -0.1) is 0 Å². The van der Waals surface area contributed by atoms with Crippen molar-refractivity contribution in [1.29, 1.82) is 0 Å².